The van der Waals surface area contributed by atoms with E-state index in [-0.39, 0.29) is 18.3 Å². The van der Waals surface area contributed by atoms with Crippen LogP contribution in [0.4, 0.5) is 4.39 Å². The van der Waals surface area contributed by atoms with Crippen LogP contribution < -0.4 is 4.74 Å². The number of carboxylic acid groups (broad SMARTS) is 1. The third kappa shape index (κ3) is 3.96. The van der Waals surface area contributed by atoms with Crippen molar-refractivity contribution in [2.24, 2.45) is 5.41 Å². The van der Waals surface area contributed by atoms with Crippen molar-refractivity contribution in [3.8, 4) is 5.75 Å². The van der Waals surface area contributed by atoms with Crippen LogP contribution in [0.15, 0.2) is 24.3 Å². The lowest BCUT2D eigenvalue weighted by Crippen LogP contribution is -2.34. The van der Waals surface area contributed by atoms with Gasteiger partial charge in [-0.25, -0.2) is 4.39 Å². The van der Waals surface area contributed by atoms with E-state index in [1.807, 2.05) is 0 Å². The van der Waals surface area contributed by atoms with E-state index in [1.165, 1.54) is 24.3 Å². The van der Waals surface area contributed by atoms with Crippen molar-refractivity contribution >= 4 is 11.9 Å². The first-order valence-corrected chi connectivity index (χ1v) is 7.30. The number of halogens is 1. The van der Waals surface area contributed by atoms with Crippen molar-refractivity contribution in [1.82, 2.24) is 4.90 Å². The van der Waals surface area contributed by atoms with Gasteiger partial charge in [0, 0.05) is 19.5 Å². The first-order chi connectivity index (χ1) is 10.4. The van der Waals surface area contributed by atoms with Crippen LogP contribution in [0.25, 0.3) is 0 Å². The molecule has 1 aromatic rings. The molecule has 1 amide bonds. The van der Waals surface area contributed by atoms with Gasteiger partial charge >= 0.3 is 5.97 Å². The van der Waals surface area contributed by atoms with Gasteiger partial charge in [0.05, 0.1) is 12.0 Å². The molecule has 6 heteroatoms. The van der Waals surface area contributed by atoms with Crippen LogP contribution >= 0.6 is 0 Å². The number of hydrogen-bond donors (Lipinski definition) is 1. The highest BCUT2D eigenvalue weighted by Crippen LogP contribution is 2.30. The molecule has 0 aromatic heterocycles. The van der Waals surface area contributed by atoms with Gasteiger partial charge in [0.2, 0.25) is 5.91 Å². The van der Waals surface area contributed by atoms with Gasteiger partial charge in [-0.2, -0.15) is 0 Å². The number of carboxylic acids is 1. The Morgan fingerprint density at radius 1 is 1.36 bits per heavy atom. The molecular formula is C16H20FNO4. The molecule has 5 nitrogen and oxygen atoms in total. The molecule has 0 unspecified atom stereocenters. The second-order valence-corrected chi connectivity index (χ2v) is 5.84. The van der Waals surface area contributed by atoms with Crippen LogP contribution in [0.2, 0.25) is 0 Å². The molecule has 0 saturated carbocycles. The van der Waals surface area contributed by atoms with Gasteiger partial charge in [0.25, 0.3) is 0 Å². The molecule has 120 valence electrons. The van der Waals surface area contributed by atoms with Gasteiger partial charge in [-0.1, -0.05) is 0 Å². The van der Waals surface area contributed by atoms with Crippen LogP contribution in [0.5, 0.6) is 5.75 Å². The maximum atomic E-state index is 12.7. The van der Waals surface area contributed by atoms with Gasteiger partial charge in [0.1, 0.15) is 11.6 Å². The number of carbonyl (C=O) groups excluding carboxylic acids is 1. The Balaban J connectivity index is 1.70. The van der Waals surface area contributed by atoms with Gasteiger partial charge < -0.3 is 14.7 Å². The molecule has 1 heterocycles. The number of aliphatic carboxylic acids is 1. The highest BCUT2D eigenvalue weighted by Gasteiger charge is 2.41. The van der Waals surface area contributed by atoms with Crippen molar-refractivity contribution in [2.75, 3.05) is 19.7 Å². The Labute approximate surface area is 128 Å². The summed E-state index contributed by atoms with van der Waals surface area (Å²) in [6, 6.07) is 5.71. The molecule has 1 fully saturated rings. The minimum atomic E-state index is -0.859. The predicted molar refractivity (Wildman–Crippen MR) is 78.1 cm³/mol. The van der Waals surface area contributed by atoms with Crippen molar-refractivity contribution < 1.29 is 23.8 Å². The number of benzene rings is 1. The van der Waals surface area contributed by atoms with Gasteiger partial charge in [-0.05, 0) is 44.0 Å². The van der Waals surface area contributed by atoms with E-state index in [0.717, 1.165) is 0 Å². The topological polar surface area (TPSA) is 66.8 Å². The zero-order valence-electron chi connectivity index (χ0n) is 12.5. The fourth-order valence-corrected chi connectivity index (χ4v) is 2.45. The number of carbonyl (C=O) groups is 2. The predicted octanol–water partition coefficient (Wildman–Crippen LogP) is 2.31. The summed E-state index contributed by atoms with van der Waals surface area (Å²) < 4.78 is 18.1. The van der Waals surface area contributed by atoms with Crippen LogP contribution in [-0.2, 0) is 9.59 Å². The van der Waals surface area contributed by atoms with Gasteiger partial charge in [0.15, 0.2) is 0 Å². The second kappa shape index (κ2) is 6.77. The largest absolute Gasteiger partial charge is 0.494 e. The summed E-state index contributed by atoms with van der Waals surface area (Å²) in [5.41, 5.74) is -0.833. The van der Waals surface area contributed by atoms with E-state index in [2.05, 4.69) is 0 Å². The number of likely N-dealkylation sites (tertiary alicyclic amines) is 1. The number of amides is 1. The molecule has 1 aliphatic rings. The Kier molecular flexibility index (Phi) is 5.00. The lowest BCUT2D eigenvalue weighted by atomic mass is 9.90. The number of hydrogen-bond acceptors (Lipinski definition) is 3. The Bertz CT molecular complexity index is 546. The zero-order chi connectivity index (χ0) is 16.2. The minimum Gasteiger partial charge on any atom is -0.494 e. The Morgan fingerprint density at radius 3 is 2.64 bits per heavy atom. The van der Waals surface area contributed by atoms with Crippen LogP contribution in [0.3, 0.4) is 0 Å². The fraction of sp³-hybridized carbons (Fsp3) is 0.500. The average molecular weight is 309 g/mol. The number of rotatable bonds is 6. The van der Waals surface area contributed by atoms with E-state index in [1.54, 1.807) is 11.8 Å². The summed E-state index contributed by atoms with van der Waals surface area (Å²) in [5, 5.41) is 9.15. The molecule has 0 radical (unpaired) electrons. The molecule has 0 spiro atoms. The highest BCUT2D eigenvalue weighted by molar-refractivity contribution is 5.80. The summed E-state index contributed by atoms with van der Waals surface area (Å²) in [7, 11) is 0. The molecule has 1 saturated heterocycles. The molecule has 22 heavy (non-hydrogen) atoms. The monoisotopic (exact) mass is 309 g/mol. The lowest BCUT2D eigenvalue weighted by molar-refractivity contribution is -0.147. The van der Waals surface area contributed by atoms with E-state index in [9.17, 15) is 14.0 Å². The van der Waals surface area contributed by atoms with Crippen LogP contribution in [-0.4, -0.2) is 41.6 Å². The van der Waals surface area contributed by atoms with Gasteiger partial charge in [-0.15, -0.1) is 0 Å². The van der Waals surface area contributed by atoms with Crippen molar-refractivity contribution in [2.45, 2.75) is 26.2 Å². The number of ether oxygens (including phenoxy) is 1. The molecule has 1 atom stereocenters. The van der Waals surface area contributed by atoms with Crippen molar-refractivity contribution in [1.29, 1.82) is 0 Å². The molecule has 0 bridgehead atoms. The molecule has 1 N–H and O–H groups in total. The van der Waals surface area contributed by atoms with Gasteiger partial charge in [-0.3, -0.25) is 9.59 Å². The summed E-state index contributed by atoms with van der Waals surface area (Å²) in [6.07, 6.45) is 1.34. The maximum Gasteiger partial charge on any atom is 0.311 e. The summed E-state index contributed by atoms with van der Waals surface area (Å²) >= 11 is 0. The number of nitrogens with zero attached hydrogens (tertiary/aromatic N) is 1. The Hall–Kier alpha value is -2.11. The zero-order valence-corrected chi connectivity index (χ0v) is 12.5. The second-order valence-electron chi connectivity index (χ2n) is 5.84. The molecular weight excluding hydrogens is 289 g/mol. The third-order valence-corrected chi connectivity index (χ3v) is 3.96. The average Bonchev–Trinajstić information content (AvgIpc) is 2.89. The van der Waals surface area contributed by atoms with Crippen molar-refractivity contribution in [3.05, 3.63) is 30.1 Å². The first kappa shape index (κ1) is 16.3. The smallest absolute Gasteiger partial charge is 0.311 e. The van der Waals surface area contributed by atoms with E-state index in [0.29, 0.717) is 38.2 Å². The first-order valence-electron chi connectivity index (χ1n) is 7.30. The normalized spacial score (nSPS) is 20.9. The molecule has 0 aliphatic carbocycles. The molecule has 1 aromatic carbocycles. The lowest BCUT2D eigenvalue weighted by Gasteiger charge is -2.20. The summed E-state index contributed by atoms with van der Waals surface area (Å²) in [4.78, 5) is 24.8. The standard InChI is InChI=1S/C16H20FNO4/c1-16(15(20)21)8-9-18(11-16)14(19)3-2-10-22-13-6-4-12(17)5-7-13/h4-7H,2-3,8-11H2,1H3,(H,20,21)/t16-/m0/s1. The quantitative estimate of drug-likeness (QED) is 0.819. The minimum absolute atomic E-state index is 0.0484. The van der Waals surface area contributed by atoms with E-state index in [4.69, 9.17) is 9.84 Å². The molecule has 1 aliphatic heterocycles. The molecule has 2 rings (SSSR count). The summed E-state index contributed by atoms with van der Waals surface area (Å²) in [5.74, 6) is -0.665. The fourth-order valence-electron chi connectivity index (χ4n) is 2.45. The van der Waals surface area contributed by atoms with Crippen LogP contribution in [0.1, 0.15) is 26.2 Å². The highest BCUT2D eigenvalue weighted by atomic mass is 19.1. The van der Waals surface area contributed by atoms with Crippen LogP contribution in [0, 0.1) is 11.2 Å². The summed E-state index contributed by atoms with van der Waals surface area (Å²) in [6.45, 7) is 2.78. The Morgan fingerprint density at radius 2 is 2.05 bits per heavy atom. The SMILES string of the molecule is C[C@]1(C(=O)O)CCN(C(=O)CCCOc2ccc(F)cc2)C1. The maximum absolute atomic E-state index is 12.7. The van der Waals surface area contributed by atoms with Crippen molar-refractivity contribution in [3.63, 3.8) is 0 Å². The van der Waals surface area contributed by atoms with E-state index >= 15 is 0 Å². The van der Waals surface area contributed by atoms with E-state index < -0.39 is 11.4 Å². The third-order valence-electron chi connectivity index (χ3n) is 3.96.